The molecule has 0 bridgehead atoms. The summed E-state index contributed by atoms with van der Waals surface area (Å²) in [7, 11) is 0. The van der Waals surface area contributed by atoms with Gasteiger partial charge in [0, 0.05) is 17.3 Å². The number of halogens is 3. The quantitative estimate of drug-likeness (QED) is 0.400. The molecule has 0 fully saturated rings. The highest BCUT2D eigenvalue weighted by Gasteiger charge is 2.12. The van der Waals surface area contributed by atoms with Crippen LogP contribution in [0.1, 0.15) is 17.3 Å². The zero-order valence-electron chi connectivity index (χ0n) is 14.1. The van der Waals surface area contributed by atoms with Crippen LogP contribution in [0.15, 0.2) is 36.4 Å². The van der Waals surface area contributed by atoms with Gasteiger partial charge < -0.3 is 14.8 Å². The first kappa shape index (κ1) is 21.0. The Morgan fingerprint density at radius 1 is 0.963 bits per heavy atom. The van der Waals surface area contributed by atoms with Gasteiger partial charge >= 0.3 is 5.97 Å². The molecule has 0 heterocycles. The average molecular weight is 431 g/mol. The summed E-state index contributed by atoms with van der Waals surface area (Å²) in [4.78, 5) is 34.9. The maximum Gasteiger partial charge on any atom is 0.344 e. The van der Waals surface area contributed by atoms with Crippen molar-refractivity contribution in [2.24, 2.45) is 0 Å². The van der Waals surface area contributed by atoms with Gasteiger partial charge in [-0.25, -0.2) is 4.79 Å². The van der Waals surface area contributed by atoms with Gasteiger partial charge in [-0.15, -0.1) is 0 Å². The van der Waals surface area contributed by atoms with Crippen LogP contribution in [0, 0.1) is 0 Å². The summed E-state index contributed by atoms with van der Waals surface area (Å²) in [6, 6.07) is 9.15. The molecule has 2 aromatic rings. The van der Waals surface area contributed by atoms with E-state index in [-0.39, 0.29) is 26.6 Å². The Bertz CT molecular complexity index is 885. The molecule has 0 unspecified atom stereocenters. The second-order valence-corrected chi connectivity index (χ2v) is 6.55. The van der Waals surface area contributed by atoms with Crippen molar-refractivity contribution in [3.8, 4) is 5.75 Å². The molecular weight excluding hydrogens is 417 g/mol. The Labute approximate surface area is 170 Å². The van der Waals surface area contributed by atoms with E-state index in [1.807, 2.05) is 0 Å². The van der Waals surface area contributed by atoms with Gasteiger partial charge in [-0.2, -0.15) is 0 Å². The lowest BCUT2D eigenvalue weighted by atomic mass is 10.1. The fraction of sp³-hybridized carbons (Fsp3) is 0.167. The Hall–Kier alpha value is -2.28. The summed E-state index contributed by atoms with van der Waals surface area (Å²) in [5.74, 6) is -1.30. The number of carbonyl (C=O) groups is 3. The van der Waals surface area contributed by atoms with Crippen molar-refractivity contribution in [1.82, 2.24) is 0 Å². The number of Topliss-reactive ketones (excluding diaryl/α,β-unsaturated/α-hetero) is 1. The topological polar surface area (TPSA) is 81.7 Å². The van der Waals surface area contributed by atoms with Gasteiger partial charge in [0.25, 0.3) is 5.91 Å². The predicted octanol–water partition coefficient (Wildman–Crippen LogP) is 4.41. The van der Waals surface area contributed by atoms with E-state index < -0.39 is 25.1 Å². The van der Waals surface area contributed by atoms with Gasteiger partial charge in [-0.3, -0.25) is 9.59 Å². The molecule has 2 rings (SSSR count). The standard InChI is InChI=1S/C18H14Cl3NO5/c1-10(23)11-3-2-4-12(5-11)22-17(24)8-27-18(25)9-26-16-7-14(20)13(19)6-15(16)21/h2-7H,8-9H2,1H3,(H,22,24). The number of benzene rings is 2. The SMILES string of the molecule is CC(=O)c1cccc(NC(=O)COC(=O)COc2cc(Cl)c(Cl)cc2Cl)c1. The Morgan fingerprint density at radius 3 is 2.37 bits per heavy atom. The number of ketones is 1. The number of anilines is 1. The first-order valence-electron chi connectivity index (χ1n) is 7.60. The molecule has 0 aliphatic heterocycles. The minimum absolute atomic E-state index is 0.129. The fourth-order valence-corrected chi connectivity index (χ4v) is 2.54. The van der Waals surface area contributed by atoms with Gasteiger partial charge in [0.1, 0.15) is 5.75 Å². The lowest BCUT2D eigenvalue weighted by Crippen LogP contribution is -2.23. The van der Waals surface area contributed by atoms with E-state index in [1.165, 1.54) is 25.1 Å². The summed E-state index contributed by atoms with van der Waals surface area (Å²) in [6.45, 7) is 0.440. The van der Waals surface area contributed by atoms with Crippen molar-refractivity contribution in [2.45, 2.75) is 6.92 Å². The summed E-state index contributed by atoms with van der Waals surface area (Å²) < 4.78 is 10.0. The molecule has 0 spiro atoms. The monoisotopic (exact) mass is 429 g/mol. The highest BCUT2D eigenvalue weighted by atomic mass is 35.5. The third-order valence-corrected chi connectivity index (χ3v) is 4.25. The van der Waals surface area contributed by atoms with E-state index in [1.54, 1.807) is 18.2 Å². The summed E-state index contributed by atoms with van der Waals surface area (Å²) >= 11 is 17.6. The summed E-state index contributed by atoms with van der Waals surface area (Å²) in [5, 5.41) is 3.18. The molecule has 142 valence electrons. The molecule has 27 heavy (non-hydrogen) atoms. The van der Waals surface area contributed by atoms with Crippen LogP contribution >= 0.6 is 34.8 Å². The van der Waals surface area contributed by atoms with Crippen molar-refractivity contribution in [2.75, 3.05) is 18.5 Å². The van der Waals surface area contributed by atoms with Crippen LogP contribution in [0.5, 0.6) is 5.75 Å². The number of hydrogen-bond donors (Lipinski definition) is 1. The zero-order valence-corrected chi connectivity index (χ0v) is 16.3. The van der Waals surface area contributed by atoms with Gasteiger partial charge in [-0.05, 0) is 25.1 Å². The molecule has 0 saturated carbocycles. The first-order chi connectivity index (χ1) is 12.8. The Morgan fingerprint density at radius 2 is 1.67 bits per heavy atom. The number of amides is 1. The van der Waals surface area contributed by atoms with E-state index in [9.17, 15) is 14.4 Å². The van der Waals surface area contributed by atoms with Gasteiger partial charge in [0.15, 0.2) is 19.0 Å². The van der Waals surface area contributed by atoms with E-state index in [4.69, 9.17) is 44.3 Å². The predicted molar refractivity (Wildman–Crippen MR) is 103 cm³/mol. The molecule has 0 atom stereocenters. The van der Waals surface area contributed by atoms with Crippen LogP contribution in [0.4, 0.5) is 5.69 Å². The molecule has 0 aromatic heterocycles. The minimum atomic E-state index is -0.773. The highest BCUT2D eigenvalue weighted by molar-refractivity contribution is 6.43. The first-order valence-corrected chi connectivity index (χ1v) is 8.73. The van der Waals surface area contributed by atoms with Crippen molar-refractivity contribution >= 4 is 58.1 Å². The van der Waals surface area contributed by atoms with Crippen molar-refractivity contribution < 1.29 is 23.9 Å². The summed E-state index contributed by atoms with van der Waals surface area (Å²) in [5.41, 5.74) is 0.874. The number of carbonyl (C=O) groups excluding carboxylic acids is 3. The molecule has 9 heteroatoms. The highest BCUT2D eigenvalue weighted by Crippen LogP contribution is 2.33. The minimum Gasteiger partial charge on any atom is -0.480 e. The molecule has 1 amide bonds. The van der Waals surface area contributed by atoms with Crippen LogP contribution in [0.3, 0.4) is 0 Å². The molecule has 0 aliphatic carbocycles. The van der Waals surface area contributed by atoms with Crippen LogP contribution in [-0.2, 0) is 14.3 Å². The van der Waals surface area contributed by atoms with Crippen molar-refractivity contribution in [3.05, 3.63) is 57.0 Å². The molecule has 0 aliphatic rings. The van der Waals surface area contributed by atoms with E-state index >= 15 is 0 Å². The van der Waals surface area contributed by atoms with E-state index in [2.05, 4.69) is 5.32 Å². The van der Waals surface area contributed by atoms with Crippen LogP contribution in [-0.4, -0.2) is 30.9 Å². The second kappa shape index (κ2) is 9.60. The average Bonchev–Trinajstić information content (AvgIpc) is 2.62. The smallest absolute Gasteiger partial charge is 0.344 e. The van der Waals surface area contributed by atoms with Crippen LogP contribution < -0.4 is 10.1 Å². The van der Waals surface area contributed by atoms with E-state index in [0.717, 1.165) is 0 Å². The third-order valence-electron chi connectivity index (χ3n) is 3.24. The Balaban J connectivity index is 1.81. The normalized spacial score (nSPS) is 10.2. The third kappa shape index (κ3) is 6.43. The van der Waals surface area contributed by atoms with E-state index in [0.29, 0.717) is 11.3 Å². The van der Waals surface area contributed by atoms with Gasteiger partial charge in [0.05, 0.1) is 15.1 Å². The lowest BCUT2D eigenvalue weighted by Gasteiger charge is -2.10. The van der Waals surface area contributed by atoms with Crippen LogP contribution in [0.25, 0.3) is 0 Å². The fourth-order valence-electron chi connectivity index (χ4n) is 1.95. The van der Waals surface area contributed by atoms with Crippen molar-refractivity contribution in [1.29, 1.82) is 0 Å². The second-order valence-electron chi connectivity index (χ2n) is 5.33. The lowest BCUT2D eigenvalue weighted by molar-refractivity contribution is -0.149. The maximum atomic E-state index is 11.8. The van der Waals surface area contributed by atoms with Crippen molar-refractivity contribution in [3.63, 3.8) is 0 Å². The Kier molecular flexibility index (Phi) is 7.47. The molecule has 6 nitrogen and oxygen atoms in total. The largest absolute Gasteiger partial charge is 0.480 e. The molecule has 2 aromatic carbocycles. The number of rotatable bonds is 7. The van der Waals surface area contributed by atoms with Gasteiger partial charge in [0.2, 0.25) is 0 Å². The molecule has 0 radical (unpaired) electrons. The number of ether oxygens (including phenoxy) is 2. The number of nitrogens with one attached hydrogen (secondary N) is 1. The molecular formula is C18H14Cl3NO5. The zero-order chi connectivity index (χ0) is 20.0. The number of hydrogen-bond acceptors (Lipinski definition) is 5. The van der Waals surface area contributed by atoms with Gasteiger partial charge in [-0.1, -0.05) is 46.9 Å². The molecule has 1 N–H and O–H groups in total. The molecule has 0 saturated heterocycles. The van der Waals surface area contributed by atoms with Crippen LogP contribution in [0.2, 0.25) is 15.1 Å². The summed E-state index contributed by atoms with van der Waals surface area (Å²) in [6.07, 6.45) is 0. The number of esters is 1. The maximum absolute atomic E-state index is 11.8.